The third kappa shape index (κ3) is 3.17. The average Bonchev–Trinajstić information content (AvgIpc) is 2.27. The Morgan fingerprint density at radius 3 is 1.88 bits per heavy atom. The molecule has 0 bridgehead atoms. The van der Waals surface area contributed by atoms with Crippen LogP contribution in [0.4, 0.5) is 0 Å². The third-order valence-corrected chi connectivity index (χ3v) is 2.35. The molecule has 0 aliphatic carbocycles. The minimum absolute atomic E-state index is 0.00888. The van der Waals surface area contributed by atoms with Crippen LogP contribution in [-0.2, 0) is 0 Å². The van der Waals surface area contributed by atoms with Crippen molar-refractivity contribution in [3.63, 3.8) is 0 Å². The minimum atomic E-state index is -0.00888. The molecule has 0 unspecified atom stereocenters. The number of halogens is 1. The molecule has 0 heterocycles. The van der Waals surface area contributed by atoms with Crippen LogP contribution >= 0.6 is 11.6 Å². The van der Waals surface area contributed by atoms with E-state index < -0.39 is 0 Å². The number of phenolic OH excluding ortho intramolecular Hbond substituents is 2. The quantitative estimate of drug-likeness (QED) is 0.699. The molecule has 2 nitrogen and oxygen atoms in total. The summed E-state index contributed by atoms with van der Waals surface area (Å²) in [5, 5.41) is 19.2. The summed E-state index contributed by atoms with van der Waals surface area (Å²) in [5.41, 5.74) is 1.37. The molecule has 0 atom stereocenters. The van der Waals surface area contributed by atoms with E-state index in [0.717, 1.165) is 5.56 Å². The summed E-state index contributed by atoms with van der Waals surface area (Å²) >= 11 is 5.76. The van der Waals surface area contributed by atoms with Crippen molar-refractivity contribution in [1.82, 2.24) is 0 Å². The van der Waals surface area contributed by atoms with Crippen molar-refractivity contribution in [1.29, 1.82) is 0 Å². The van der Waals surface area contributed by atoms with Gasteiger partial charge in [-0.1, -0.05) is 23.4 Å². The number of rotatable bonds is 0. The summed E-state index contributed by atoms with van der Waals surface area (Å²) in [6.07, 6.45) is 0. The smallest absolute Gasteiger partial charge is 0.120 e. The Bertz CT molecular complexity index is 572. The lowest BCUT2D eigenvalue weighted by Crippen LogP contribution is -1.76. The van der Waals surface area contributed by atoms with Crippen LogP contribution in [0.2, 0.25) is 5.02 Å². The molecule has 2 aromatic rings. The molecule has 2 aromatic carbocycles. The van der Waals surface area contributed by atoms with Crippen molar-refractivity contribution < 1.29 is 10.2 Å². The number of hydrogen-bond donors (Lipinski definition) is 2. The van der Waals surface area contributed by atoms with Crippen molar-refractivity contribution >= 4 is 11.6 Å². The van der Waals surface area contributed by atoms with Gasteiger partial charge in [0.05, 0.1) is 0 Å². The van der Waals surface area contributed by atoms with Gasteiger partial charge in [0, 0.05) is 22.2 Å². The first-order chi connectivity index (χ1) is 8.13. The van der Waals surface area contributed by atoms with Gasteiger partial charge in [-0.25, -0.2) is 0 Å². The zero-order valence-corrected chi connectivity index (χ0v) is 9.57. The highest BCUT2D eigenvalue weighted by Gasteiger charge is 1.95. The van der Waals surface area contributed by atoms with Gasteiger partial charge in [0.2, 0.25) is 0 Å². The molecule has 2 rings (SSSR count). The second kappa shape index (κ2) is 4.82. The van der Waals surface area contributed by atoms with Gasteiger partial charge >= 0.3 is 0 Å². The monoisotopic (exact) mass is 244 g/mol. The highest BCUT2D eigenvalue weighted by Crippen LogP contribution is 2.19. The Labute approximate surface area is 104 Å². The summed E-state index contributed by atoms with van der Waals surface area (Å²) in [4.78, 5) is 0. The molecule has 0 amide bonds. The third-order valence-electron chi connectivity index (χ3n) is 2.10. The molecule has 3 heteroatoms. The molecule has 0 saturated carbocycles. The molecule has 0 radical (unpaired) electrons. The topological polar surface area (TPSA) is 40.5 Å². The summed E-state index contributed by atoms with van der Waals surface area (Å²) in [5.74, 6) is 5.74. The Morgan fingerprint density at radius 1 is 0.765 bits per heavy atom. The number of phenols is 2. The van der Waals surface area contributed by atoms with Crippen molar-refractivity contribution in [3.05, 3.63) is 58.6 Å². The number of aromatic hydroxyl groups is 2. The van der Waals surface area contributed by atoms with Gasteiger partial charge in [0.25, 0.3) is 0 Å². The van der Waals surface area contributed by atoms with Crippen LogP contribution in [0.1, 0.15) is 11.1 Å². The summed E-state index contributed by atoms with van der Waals surface area (Å²) in [7, 11) is 0. The van der Waals surface area contributed by atoms with Gasteiger partial charge in [-0.05, 0) is 36.4 Å². The molecule has 84 valence electrons. The highest BCUT2D eigenvalue weighted by atomic mass is 35.5. The molecule has 2 N–H and O–H groups in total. The van der Waals surface area contributed by atoms with Crippen LogP contribution in [0.5, 0.6) is 11.5 Å². The van der Waals surface area contributed by atoms with Crippen molar-refractivity contribution in [2.75, 3.05) is 0 Å². The van der Waals surface area contributed by atoms with Crippen molar-refractivity contribution in [2.45, 2.75) is 0 Å². The van der Waals surface area contributed by atoms with E-state index in [2.05, 4.69) is 11.8 Å². The summed E-state index contributed by atoms with van der Waals surface area (Å²) in [6.45, 7) is 0. The summed E-state index contributed by atoms with van der Waals surface area (Å²) < 4.78 is 0. The molecule has 0 aliphatic heterocycles. The molecular weight excluding hydrogens is 236 g/mol. The van der Waals surface area contributed by atoms with E-state index in [0.29, 0.717) is 10.6 Å². The van der Waals surface area contributed by atoms with Gasteiger partial charge < -0.3 is 10.2 Å². The van der Waals surface area contributed by atoms with Crippen LogP contribution in [-0.4, -0.2) is 10.2 Å². The van der Waals surface area contributed by atoms with Crippen LogP contribution in [0.25, 0.3) is 0 Å². The second-order valence-electron chi connectivity index (χ2n) is 3.49. The van der Waals surface area contributed by atoms with E-state index in [9.17, 15) is 10.2 Å². The normalized spacial score (nSPS) is 9.47. The molecular formula is C14H9ClO2. The first kappa shape index (κ1) is 11.4. The SMILES string of the molecule is Oc1cc(O)cc(C#Cc2ccc(Cl)cc2)c1. The number of hydrogen-bond acceptors (Lipinski definition) is 2. The Balaban J connectivity index is 2.29. The Kier molecular flexibility index (Phi) is 3.22. The summed E-state index contributed by atoms with van der Waals surface area (Å²) in [6, 6.07) is 11.4. The fraction of sp³-hybridized carbons (Fsp3) is 0. The molecule has 0 fully saturated rings. The van der Waals surface area contributed by atoms with Crippen molar-refractivity contribution in [3.8, 4) is 23.3 Å². The predicted molar refractivity (Wildman–Crippen MR) is 67.2 cm³/mol. The fourth-order valence-electron chi connectivity index (χ4n) is 1.34. The van der Waals surface area contributed by atoms with Crippen LogP contribution in [0, 0.1) is 11.8 Å². The van der Waals surface area contributed by atoms with E-state index in [4.69, 9.17) is 11.6 Å². The van der Waals surface area contributed by atoms with E-state index in [-0.39, 0.29) is 11.5 Å². The predicted octanol–water partition coefficient (Wildman–Crippen LogP) is 3.15. The Hall–Kier alpha value is -2.11. The first-order valence-electron chi connectivity index (χ1n) is 4.94. The maximum atomic E-state index is 9.28. The van der Waals surface area contributed by atoms with Crippen LogP contribution in [0.3, 0.4) is 0 Å². The fourth-order valence-corrected chi connectivity index (χ4v) is 1.47. The van der Waals surface area contributed by atoms with Crippen LogP contribution in [0.15, 0.2) is 42.5 Å². The lowest BCUT2D eigenvalue weighted by molar-refractivity contribution is 0.450. The van der Waals surface area contributed by atoms with Gasteiger partial charge in [-0.3, -0.25) is 0 Å². The number of benzene rings is 2. The van der Waals surface area contributed by atoms with Gasteiger partial charge in [0.15, 0.2) is 0 Å². The van der Waals surface area contributed by atoms with E-state index >= 15 is 0 Å². The first-order valence-corrected chi connectivity index (χ1v) is 5.32. The zero-order valence-electron chi connectivity index (χ0n) is 8.81. The van der Waals surface area contributed by atoms with E-state index in [1.165, 1.54) is 18.2 Å². The molecule has 0 saturated heterocycles. The maximum absolute atomic E-state index is 9.28. The lowest BCUT2D eigenvalue weighted by atomic mass is 10.1. The minimum Gasteiger partial charge on any atom is -0.508 e. The van der Waals surface area contributed by atoms with Gasteiger partial charge in [-0.15, -0.1) is 0 Å². The van der Waals surface area contributed by atoms with Gasteiger partial charge in [0.1, 0.15) is 11.5 Å². The molecule has 0 aliphatic rings. The zero-order chi connectivity index (χ0) is 12.3. The van der Waals surface area contributed by atoms with Crippen LogP contribution < -0.4 is 0 Å². The molecule has 0 spiro atoms. The van der Waals surface area contributed by atoms with Gasteiger partial charge in [-0.2, -0.15) is 0 Å². The highest BCUT2D eigenvalue weighted by molar-refractivity contribution is 6.30. The average molecular weight is 245 g/mol. The van der Waals surface area contributed by atoms with E-state index in [1.807, 2.05) is 0 Å². The Morgan fingerprint density at radius 2 is 1.29 bits per heavy atom. The van der Waals surface area contributed by atoms with Crippen molar-refractivity contribution in [2.24, 2.45) is 0 Å². The lowest BCUT2D eigenvalue weighted by Gasteiger charge is -1.96. The van der Waals surface area contributed by atoms with E-state index in [1.54, 1.807) is 24.3 Å². The molecule has 17 heavy (non-hydrogen) atoms. The maximum Gasteiger partial charge on any atom is 0.120 e. The standard InChI is InChI=1S/C14H9ClO2/c15-12-5-3-10(4-6-12)1-2-11-7-13(16)9-14(17)8-11/h3-9,16-17H. The molecule has 0 aromatic heterocycles. The largest absolute Gasteiger partial charge is 0.508 e. The second-order valence-corrected chi connectivity index (χ2v) is 3.93.